The van der Waals surface area contributed by atoms with Gasteiger partial charge in [0.2, 0.25) is 0 Å². The Morgan fingerprint density at radius 3 is 2.49 bits per heavy atom. The first-order chi connectivity index (χ1) is 20.0. The minimum Gasteiger partial charge on any atom is -0.497 e. The number of ether oxygens (including phenoxy) is 1. The minimum atomic E-state index is -0.317. The summed E-state index contributed by atoms with van der Waals surface area (Å²) in [6.45, 7) is 0.628. The maximum atomic E-state index is 13.7. The number of hydrazone groups is 1. The number of halogens is 2. The lowest BCUT2D eigenvalue weighted by Crippen LogP contribution is -2.28. The Kier molecular flexibility index (Phi) is 7.81. The first-order valence-electron chi connectivity index (χ1n) is 13.2. The maximum Gasteiger partial charge on any atom is 0.253 e. The first-order valence-corrected chi connectivity index (χ1v) is 14.6. The quantitative estimate of drug-likeness (QED) is 0.174. The average Bonchev–Trinajstić information content (AvgIpc) is 3.60. The van der Waals surface area contributed by atoms with Crippen LogP contribution in [0.3, 0.4) is 0 Å². The van der Waals surface area contributed by atoms with Gasteiger partial charge in [0.25, 0.3) is 5.91 Å². The number of benzene rings is 4. The number of thioether (sulfide) groups is 1. The average molecular weight is 584 g/mol. The Hall–Kier alpha value is -4.07. The highest BCUT2D eigenvalue weighted by Crippen LogP contribution is 2.36. The number of aromatic nitrogens is 1. The third kappa shape index (κ3) is 5.73. The van der Waals surface area contributed by atoms with Gasteiger partial charge in [-0.15, -0.1) is 11.8 Å². The van der Waals surface area contributed by atoms with E-state index in [1.807, 2.05) is 60.7 Å². The van der Waals surface area contributed by atoms with Gasteiger partial charge in [-0.2, -0.15) is 5.10 Å². The van der Waals surface area contributed by atoms with Crippen molar-refractivity contribution in [3.63, 3.8) is 0 Å². The number of hydrogen-bond acceptors (Lipinski definition) is 4. The Balaban J connectivity index is 1.26. The summed E-state index contributed by atoms with van der Waals surface area (Å²) in [5, 5.41) is 8.13. The highest BCUT2D eigenvalue weighted by Gasteiger charge is 2.33. The van der Waals surface area contributed by atoms with Crippen molar-refractivity contribution in [1.82, 2.24) is 9.58 Å². The standard InChI is InChI=1S/C33H27ClFN3O2S/c1-40-26-16-12-22(13-17-26)29-18-31(23-10-14-25(35)15-11-23)38(36-29)33(39)21-41-32-20-37(30-9-5-3-7-27(30)32)19-24-6-2-4-8-28(24)34/h2-17,20,31H,18-19,21H2,1H3. The van der Waals surface area contributed by atoms with Gasteiger partial charge in [0.15, 0.2) is 0 Å². The largest absolute Gasteiger partial charge is 0.497 e. The van der Waals surface area contributed by atoms with E-state index in [4.69, 9.17) is 21.4 Å². The Labute approximate surface area is 247 Å². The molecule has 1 atom stereocenters. The van der Waals surface area contributed by atoms with Gasteiger partial charge in [-0.3, -0.25) is 4.79 Å². The van der Waals surface area contributed by atoms with Crippen molar-refractivity contribution >= 4 is 45.9 Å². The second kappa shape index (κ2) is 11.8. The molecule has 1 aliphatic heterocycles. The van der Waals surface area contributed by atoms with Crippen molar-refractivity contribution in [1.29, 1.82) is 0 Å². The fourth-order valence-electron chi connectivity index (χ4n) is 5.12. The van der Waals surface area contributed by atoms with Crippen LogP contribution in [0.15, 0.2) is 113 Å². The van der Waals surface area contributed by atoms with Gasteiger partial charge in [-0.25, -0.2) is 9.40 Å². The molecule has 6 rings (SSSR count). The van der Waals surface area contributed by atoms with Crippen molar-refractivity contribution in [2.45, 2.75) is 23.9 Å². The topological polar surface area (TPSA) is 46.8 Å². The third-order valence-corrected chi connectivity index (χ3v) is 8.64. The Morgan fingerprint density at radius 1 is 1.00 bits per heavy atom. The van der Waals surface area contributed by atoms with E-state index >= 15 is 0 Å². The third-order valence-electron chi connectivity index (χ3n) is 7.25. The van der Waals surface area contributed by atoms with Gasteiger partial charge in [0.1, 0.15) is 11.6 Å². The molecule has 0 spiro atoms. The highest BCUT2D eigenvalue weighted by atomic mass is 35.5. The molecule has 0 saturated heterocycles. The van der Waals surface area contributed by atoms with Crippen molar-refractivity contribution in [3.05, 3.63) is 131 Å². The van der Waals surface area contributed by atoms with Crippen LogP contribution < -0.4 is 4.74 Å². The van der Waals surface area contributed by atoms with Crippen molar-refractivity contribution in [2.24, 2.45) is 5.10 Å². The van der Waals surface area contributed by atoms with Crippen LogP contribution >= 0.6 is 23.4 Å². The van der Waals surface area contributed by atoms with E-state index < -0.39 is 0 Å². The smallest absolute Gasteiger partial charge is 0.253 e. The van der Waals surface area contributed by atoms with E-state index in [0.717, 1.165) is 49.0 Å². The summed E-state index contributed by atoms with van der Waals surface area (Å²) in [5.74, 6) is 0.526. The molecule has 0 N–H and O–H groups in total. The normalized spacial score (nSPS) is 14.9. The summed E-state index contributed by atoms with van der Waals surface area (Å²) in [7, 11) is 1.62. The first kappa shape index (κ1) is 27.1. The molecule has 0 saturated carbocycles. The number of nitrogens with zero attached hydrogens (tertiary/aromatic N) is 3. The fraction of sp³-hybridized carbons (Fsp3) is 0.152. The molecular weight excluding hydrogens is 557 g/mol. The number of rotatable bonds is 8. The van der Waals surface area contributed by atoms with E-state index in [9.17, 15) is 9.18 Å². The van der Waals surface area contributed by atoms with Crippen molar-refractivity contribution in [2.75, 3.05) is 12.9 Å². The van der Waals surface area contributed by atoms with E-state index in [0.29, 0.717) is 13.0 Å². The number of fused-ring (bicyclic) bond motifs is 1. The predicted octanol–water partition coefficient (Wildman–Crippen LogP) is 7.96. The summed E-state index contributed by atoms with van der Waals surface area (Å²) >= 11 is 7.93. The van der Waals surface area contributed by atoms with Gasteiger partial charge >= 0.3 is 0 Å². The minimum absolute atomic E-state index is 0.115. The zero-order valence-corrected chi connectivity index (χ0v) is 23.9. The second-order valence-electron chi connectivity index (χ2n) is 9.80. The molecule has 8 heteroatoms. The molecule has 4 aromatic carbocycles. The van der Waals surface area contributed by atoms with Gasteiger partial charge < -0.3 is 9.30 Å². The lowest BCUT2D eigenvalue weighted by molar-refractivity contribution is -0.130. The van der Waals surface area contributed by atoms with E-state index in [2.05, 4.69) is 22.9 Å². The van der Waals surface area contributed by atoms with Gasteiger partial charge in [-0.05, 0) is 65.2 Å². The number of amides is 1. The number of hydrogen-bond donors (Lipinski definition) is 0. The summed E-state index contributed by atoms with van der Waals surface area (Å²) in [4.78, 5) is 14.7. The Bertz CT molecular complexity index is 1730. The molecule has 0 radical (unpaired) electrons. The number of carbonyl (C=O) groups is 1. The van der Waals surface area contributed by atoms with Crippen molar-refractivity contribution < 1.29 is 13.9 Å². The molecule has 1 aromatic heterocycles. The van der Waals surface area contributed by atoms with Gasteiger partial charge in [-0.1, -0.05) is 60.1 Å². The molecule has 0 fully saturated rings. The molecular formula is C33H27ClFN3O2S. The second-order valence-corrected chi connectivity index (χ2v) is 11.2. The van der Waals surface area contributed by atoms with Crippen LogP contribution in [0, 0.1) is 5.82 Å². The molecule has 1 aliphatic rings. The lowest BCUT2D eigenvalue weighted by atomic mass is 9.98. The molecule has 41 heavy (non-hydrogen) atoms. The number of carbonyl (C=O) groups excluding carboxylic acids is 1. The van der Waals surface area contributed by atoms with Crippen LogP contribution in [0.5, 0.6) is 5.75 Å². The van der Waals surface area contributed by atoms with Crippen molar-refractivity contribution in [3.8, 4) is 5.75 Å². The fourth-order valence-corrected chi connectivity index (χ4v) is 6.25. The zero-order chi connectivity index (χ0) is 28.3. The molecule has 1 amide bonds. The molecule has 0 aliphatic carbocycles. The van der Waals surface area contributed by atoms with Crippen LogP contribution in [0.2, 0.25) is 5.02 Å². The summed E-state index contributed by atoms with van der Waals surface area (Å²) in [6, 6.07) is 29.6. The SMILES string of the molecule is COc1ccc(C2=NN(C(=O)CSc3cn(Cc4ccccc4Cl)c4ccccc34)C(c3ccc(F)cc3)C2)cc1. The molecule has 5 nitrogen and oxygen atoms in total. The highest BCUT2D eigenvalue weighted by molar-refractivity contribution is 8.00. The van der Waals surface area contributed by atoms with E-state index in [1.165, 1.54) is 23.9 Å². The molecule has 0 bridgehead atoms. The van der Waals surface area contributed by atoms with Gasteiger partial charge in [0, 0.05) is 40.0 Å². The molecule has 206 valence electrons. The molecule has 5 aromatic rings. The lowest BCUT2D eigenvalue weighted by Gasteiger charge is -2.22. The number of para-hydroxylation sites is 1. The summed E-state index contributed by atoms with van der Waals surface area (Å²) in [6.07, 6.45) is 2.62. The van der Waals surface area contributed by atoms with E-state index in [-0.39, 0.29) is 23.5 Å². The van der Waals surface area contributed by atoms with Crippen LogP contribution in [0.25, 0.3) is 10.9 Å². The predicted molar refractivity (Wildman–Crippen MR) is 163 cm³/mol. The summed E-state index contributed by atoms with van der Waals surface area (Å²) in [5.41, 5.74) is 4.67. The van der Waals surface area contributed by atoms with E-state index in [1.54, 1.807) is 24.3 Å². The van der Waals surface area contributed by atoms with Gasteiger partial charge in [0.05, 0.1) is 24.6 Å². The number of methoxy groups -OCH3 is 1. The maximum absolute atomic E-state index is 13.7. The van der Waals surface area contributed by atoms with Crippen LogP contribution in [-0.4, -0.2) is 34.1 Å². The Morgan fingerprint density at radius 2 is 1.73 bits per heavy atom. The van der Waals surface area contributed by atoms with Crippen LogP contribution in [0.1, 0.15) is 29.2 Å². The summed E-state index contributed by atoms with van der Waals surface area (Å²) < 4.78 is 21.2. The van der Waals surface area contributed by atoms with Crippen LogP contribution in [-0.2, 0) is 11.3 Å². The monoisotopic (exact) mass is 583 g/mol. The molecule has 1 unspecified atom stereocenters. The zero-order valence-electron chi connectivity index (χ0n) is 22.3. The molecule has 2 heterocycles. The van der Waals surface area contributed by atoms with Crippen LogP contribution in [0.4, 0.5) is 4.39 Å².